The molecule has 0 radical (unpaired) electrons. The van der Waals surface area contributed by atoms with Gasteiger partial charge < -0.3 is 0 Å². The first kappa shape index (κ1) is 10.5. The second-order valence-corrected chi connectivity index (χ2v) is 6.37. The molecule has 0 aliphatic carbocycles. The van der Waals surface area contributed by atoms with Gasteiger partial charge in [0.1, 0.15) is 0 Å². The lowest BCUT2D eigenvalue weighted by Crippen LogP contribution is -2.61. The first-order valence-electron chi connectivity index (χ1n) is 6.25. The highest BCUT2D eigenvalue weighted by molar-refractivity contribution is 5.00. The zero-order valence-corrected chi connectivity index (χ0v) is 10.2. The summed E-state index contributed by atoms with van der Waals surface area (Å²) in [6, 6.07) is 0.895. The van der Waals surface area contributed by atoms with E-state index in [2.05, 4.69) is 32.6 Å². The van der Waals surface area contributed by atoms with Gasteiger partial charge in [0.15, 0.2) is 0 Å². The van der Waals surface area contributed by atoms with E-state index in [-0.39, 0.29) is 0 Å². The lowest BCUT2D eigenvalue weighted by Gasteiger charge is -2.54. The van der Waals surface area contributed by atoms with Gasteiger partial charge in [-0.2, -0.15) is 0 Å². The maximum atomic E-state index is 2.73. The van der Waals surface area contributed by atoms with E-state index < -0.39 is 0 Å². The molecule has 2 rings (SSSR count). The van der Waals surface area contributed by atoms with Gasteiger partial charge in [0.05, 0.1) is 0 Å². The second kappa shape index (κ2) is 3.52. The lowest BCUT2D eigenvalue weighted by molar-refractivity contribution is -0.0558. The van der Waals surface area contributed by atoms with Crippen molar-refractivity contribution in [3.63, 3.8) is 0 Å². The smallest absolute Gasteiger partial charge is 0.0159 e. The predicted molar refractivity (Wildman–Crippen MR) is 61.3 cm³/mol. The third-order valence-electron chi connectivity index (χ3n) is 4.42. The molecule has 0 aromatic carbocycles. The molecule has 2 atom stereocenters. The van der Waals surface area contributed by atoms with Crippen LogP contribution < -0.4 is 0 Å². The van der Waals surface area contributed by atoms with Crippen molar-refractivity contribution in [2.45, 2.75) is 53.0 Å². The zero-order chi connectivity index (χ0) is 10.3. The molecular formula is C13H25N. The molecule has 0 amide bonds. The fourth-order valence-corrected chi connectivity index (χ4v) is 3.40. The molecular weight excluding hydrogens is 170 g/mol. The minimum absolute atomic E-state index is 0.603. The molecule has 0 saturated carbocycles. The molecule has 1 nitrogen and oxygen atoms in total. The highest BCUT2D eigenvalue weighted by atomic mass is 15.2. The molecule has 0 aromatic heterocycles. The van der Waals surface area contributed by atoms with Crippen LogP contribution in [0.1, 0.15) is 47.0 Å². The van der Waals surface area contributed by atoms with Crippen molar-refractivity contribution in [3.8, 4) is 0 Å². The van der Waals surface area contributed by atoms with Crippen LogP contribution in [0, 0.1) is 17.3 Å². The van der Waals surface area contributed by atoms with Gasteiger partial charge in [0.25, 0.3) is 0 Å². The Kier molecular flexibility index (Phi) is 2.63. The SMILES string of the molecule is CC(C)C1CCCC2N(C1)CC2(C)C. The Labute approximate surface area is 88.9 Å². The standard InChI is InChI=1S/C13H25N/c1-10(2)11-6-5-7-12-13(3,4)9-14(12)8-11/h10-12H,5-9H2,1-4H3. The summed E-state index contributed by atoms with van der Waals surface area (Å²) >= 11 is 0. The number of hydrogen-bond acceptors (Lipinski definition) is 1. The Hall–Kier alpha value is -0.0400. The zero-order valence-electron chi connectivity index (χ0n) is 10.2. The van der Waals surface area contributed by atoms with E-state index in [9.17, 15) is 0 Å². The molecule has 2 aliphatic rings. The topological polar surface area (TPSA) is 3.24 Å². The molecule has 2 heterocycles. The van der Waals surface area contributed by atoms with Crippen molar-refractivity contribution in [2.24, 2.45) is 17.3 Å². The molecule has 2 saturated heterocycles. The Bertz CT molecular complexity index is 207. The highest BCUT2D eigenvalue weighted by Gasteiger charge is 2.46. The maximum Gasteiger partial charge on any atom is 0.0159 e. The molecule has 0 N–H and O–H groups in total. The molecule has 2 unspecified atom stereocenters. The molecule has 0 aromatic rings. The second-order valence-electron chi connectivity index (χ2n) is 6.37. The van der Waals surface area contributed by atoms with Crippen molar-refractivity contribution >= 4 is 0 Å². The van der Waals surface area contributed by atoms with E-state index in [4.69, 9.17) is 0 Å². The Morgan fingerprint density at radius 1 is 1.21 bits per heavy atom. The minimum atomic E-state index is 0.603. The Morgan fingerprint density at radius 2 is 1.93 bits per heavy atom. The first-order chi connectivity index (χ1) is 6.50. The molecule has 2 fully saturated rings. The average molecular weight is 195 g/mol. The highest BCUT2D eigenvalue weighted by Crippen LogP contribution is 2.43. The van der Waals surface area contributed by atoms with E-state index in [1.165, 1.54) is 32.4 Å². The monoisotopic (exact) mass is 195 g/mol. The number of hydrogen-bond donors (Lipinski definition) is 0. The van der Waals surface area contributed by atoms with E-state index in [1.54, 1.807) is 0 Å². The Balaban J connectivity index is 1.98. The van der Waals surface area contributed by atoms with Gasteiger partial charge in [0, 0.05) is 19.1 Å². The summed E-state index contributed by atoms with van der Waals surface area (Å²) in [6.07, 6.45) is 4.35. The van der Waals surface area contributed by atoms with Crippen LogP contribution in [-0.2, 0) is 0 Å². The van der Waals surface area contributed by atoms with Crippen LogP contribution in [0.5, 0.6) is 0 Å². The van der Waals surface area contributed by atoms with E-state index >= 15 is 0 Å². The van der Waals surface area contributed by atoms with Crippen LogP contribution in [0.25, 0.3) is 0 Å². The summed E-state index contributed by atoms with van der Waals surface area (Å²) in [5.41, 5.74) is 0.603. The third kappa shape index (κ3) is 1.71. The number of nitrogens with zero attached hydrogens (tertiary/aromatic N) is 1. The summed E-state index contributed by atoms with van der Waals surface area (Å²) in [5.74, 6) is 1.83. The normalized spacial score (nSPS) is 37.5. The van der Waals surface area contributed by atoms with Crippen LogP contribution in [0.2, 0.25) is 0 Å². The first-order valence-corrected chi connectivity index (χ1v) is 6.25. The fraction of sp³-hybridized carbons (Fsp3) is 1.00. The van der Waals surface area contributed by atoms with Crippen molar-refractivity contribution in [1.29, 1.82) is 0 Å². The van der Waals surface area contributed by atoms with Crippen LogP contribution >= 0.6 is 0 Å². The summed E-state index contributed by atoms with van der Waals surface area (Å²) in [5, 5.41) is 0. The fourth-order valence-electron chi connectivity index (χ4n) is 3.40. The van der Waals surface area contributed by atoms with Crippen molar-refractivity contribution < 1.29 is 0 Å². The summed E-state index contributed by atoms with van der Waals surface area (Å²) < 4.78 is 0. The maximum absolute atomic E-state index is 2.73. The van der Waals surface area contributed by atoms with Crippen LogP contribution in [-0.4, -0.2) is 24.0 Å². The van der Waals surface area contributed by atoms with Gasteiger partial charge in [-0.15, -0.1) is 0 Å². The third-order valence-corrected chi connectivity index (χ3v) is 4.42. The van der Waals surface area contributed by atoms with Crippen LogP contribution in [0.4, 0.5) is 0 Å². The van der Waals surface area contributed by atoms with Crippen LogP contribution in [0.15, 0.2) is 0 Å². The largest absolute Gasteiger partial charge is 0.299 e. The van der Waals surface area contributed by atoms with Gasteiger partial charge in [0.2, 0.25) is 0 Å². The summed E-state index contributed by atoms with van der Waals surface area (Å²) in [6.45, 7) is 12.3. The Morgan fingerprint density at radius 3 is 2.50 bits per heavy atom. The summed E-state index contributed by atoms with van der Waals surface area (Å²) in [7, 11) is 0. The van der Waals surface area contributed by atoms with Crippen LogP contribution in [0.3, 0.4) is 0 Å². The minimum Gasteiger partial charge on any atom is -0.299 e. The molecule has 0 bridgehead atoms. The van der Waals surface area contributed by atoms with Crippen molar-refractivity contribution in [2.75, 3.05) is 13.1 Å². The molecule has 0 spiro atoms. The number of rotatable bonds is 1. The van der Waals surface area contributed by atoms with Crippen molar-refractivity contribution in [1.82, 2.24) is 4.90 Å². The van der Waals surface area contributed by atoms with E-state index in [1.807, 2.05) is 0 Å². The van der Waals surface area contributed by atoms with Gasteiger partial charge in [-0.1, -0.05) is 34.1 Å². The van der Waals surface area contributed by atoms with Crippen molar-refractivity contribution in [3.05, 3.63) is 0 Å². The van der Waals surface area contributed by atoms with E-state index in [0.29, 0.717) is 5.41 Å². The van der Waals surface area contributed by atoms with Gasteiger partial charge in [-0.25, -0.2) is 0 Å². The van der Waals surface area contributed by atoms with Gasteiger partial charge in [-0.05, 0) is 30.1 Å². The molecule has 1 heteroatoms. The molecule has 2 aliphatic heterocycles. The van der Waals surface area contributed by atoms with E-state index in [0.717, 1.165) is 17.9 Å². The summed E-state index contributed by atoms with van der Waals surface area (Å²) in [4.78, 5) is 2.73. The number of fused-ring (bicyclic) bond motifs is 1. The van der Waals surface area contributed by atoms with Gasteiger partial charge >= 0.3 is 0 Å². The average Bonchev–Trinajstić information content (AvgIpc) is 2.24. The quantitative estimate of drug-likeness (QED) is 0.621. The molecule has 82 valence electrons. The van der Waals surface area contributed by atoms with Gasteiger partial charge in [-0.3, -0.25) is 4.90 Å². The lowest BCUT2D eigenvalue weighted by atomic mass is 9.73. The predicted octanol–water partition coefficient (Wildman–Crippen LogP) is 3.15. The molecule has 14 heavy (non-hydrogen) atoms.